The largest absolute Gasteiger partial charge is 0.490 e. The lowest BCUT2D eigenvalue weighted by molar-refractivity contribution is 0.222. The second kappa shape index (κ2) is 10.0. The maximum absolute atomic E-state index is 6.15. The predicted molar refractivity (Wildman–Crippen MR) is 112 cm³/mol. The maximum Gasteiger partial charge on any atom is 0.175 e. The fourth-order valence-corrected chi connectivity index (χ4v) is 3.31. The number of hydrazone groups is 1. The minimum Gasteiger partial charge on any atom is -0.490 e. The van der Waals surface area contributed by atoms with Crippen LogP contribution in [0.4, 0.5) is 0 Å². The van der Waals surface area contributed by atoms with Crippen LogP contribution < -0.4 is 14.9 Å². The maximum atomic E-state index is 6.15. The second-order valence-corrected chi connectivity index (χ2v) is 7.39. The van der Waals surface area contributed by atoms with Crippen molar-refractivity contribution in [3.63, 3.8) is 0 Å². The number of halogens is 3. The Kier molecular flexibility index (Phi) is 8.07. The van der Waals surface area contributed by atoms with Crippen molar-refractivity contribution >= 4 is 45.3 Å². The Bertz CT molecular complexity index is 762. The molecule has 0 heterocycles. The van der Waals surface area contributed by atoms with Gasteiger partial charge in [0.05, 0.1) is 29.9 Å². The molecular weight excluding hydrogens is 439 g/mol. The minimum atomic E-state index is 0.0482. The van der Waals surface area contributed by atoms with E-state index in [0.29, 0.717) is 34.7 Å². The van der Waals surface area contributed by atoms with Crippen molar-refractivity contribution in [2.45, 2.75) is 33.4 Å². The van der Waals surface area contributed by atoms with E-state index in [1.165, 1.54) is 0 Å². The Balaban J connectivity index is 2.12. The first kappa shape index (κ1) is 20.9. The summed E-state index contributed by atoms with van der Waals surface area (Å²) in [4.78, 5) is 0. The van der Waals surface area contributed by atoms with Crippen molar-refractivity contribution in [2.75, 3.05) is 6.61 Å². The van der Waals surface area contributed by atoms with Gasteiger partial charge in [-0.25, -0.2) is 0 Å². The molecule has 7 heteroatoms. The van der Waals surface area contributed by atoms with Crippen molar-refractivity contribution in [1.29, 1.82) is 0 Å². The zero-order valence-electron chi connectivity index (χ0n) is 14.9. The van der Waals surface area contributed by atoms with Gasteiger partial charge in [-0.2, -0.15) is 5.10 Å². The number of hydrogen-bond donors (Lipinski definition) is 1. The normalized spacial score (nSPS) is 11.2. The first-order valence-electron chi connectivity index (χ1n) is 8.24. The summed E-state index contributed by atoms with van der Waals surface area (Å²) in [7, 11) is 0. The molecule has 0 radical (unpaired) electrons. The van der Waals surface area contributed by atoms with Gasteiger partial charge in [0.2, 0.25) is 0 Å². The van der Waals surface area contributed by atoms with Crippen molar-refractivity contribution in [1.82, 2.24) is 5.43 Å². The van der Waals surface area contributed by atoms with Gasteiger partial charge in [-0.1, -0.05) is 29.3 Å². The van der Waals surface area contributed by atoms with Gasteiger partial charge in [0, 0.05) is 15.6 Å². The zero-order valence-corrected chi connectivity index (χ0v) is 18.0. The lowest BCUT2D eigenvalue weighted by Gasteiger charge is -2.16. The Morgan fingerprint density at radius 1 is 1.23 bits per heavy atom. The van der Waals surface area contributed by atoms with Gasteiger partial charge in [-0.05, 0) is 66.5 Å². The molecule has 0 saturated heterocycles. The van der Waals surface area contributed by atoms with Crippen LogP contribution in [0.15, 0.2) is 39.9 Å². The van der Waals surface area contributed by atoms with Gasteiger partial charge >= 0.3 is 0 Å². The van der Waals surface area contributed by atoms with E-state index in [4.69, 9.17) is 32.7 Å². The fourth-order valence-electron chi connectivity index (χ4n) is 2.22. The molecule has 0 amide bonds. The third-order valence-electron chi connectivity index (χ3n) is 3.31. The van der Waals surface area contributed by atoms with Crippen LogP contribution in [0.3, 0.4) is 0 Å². The summed E-state index contributed by atoms with van der Waals surface area (Å²) in [6.45, 7) is 6.86. The molecule has 2 rings (SSSR count). The van der Waals surface area contributed by atoms with Crippen LogP contribution in [0.1, 0.15) is 31.9 Å². The van der Waals surface area contributed by atoms with E-state index in [1.807, 2.05) is 39.0 Å². The highest BCUT2D eigenvalue weighted by Gasteiger charge is 2.13. The molecule has 26 heavy (non-hydrogen) atoms. The van der Waals surface area contributed by atoms with Gasteiger partial charge in [-0.15, -0.1) is 0 Å². The highest BCUT2D eigenvalue weighted by Crippen LogP contribution is 2.37. The monoisotopic (exact) mass is 458 g/mol. The molecule has 0 aliphatic heterocycles. The van der Waals surface area contributed by atoms with E-state index in [1.54, 1.807) is 18.3 Å². The number of nitrogens with zero attached hydrogens (tertiary/aromatic N) is 1. The van der Waals surface area contributed by atoms with Crippen LogP contribution in [-0.2, 0) is 6.54 Å². The van der Waals surface area contributed by atoms with E-state index in [9.17, 15) is 0 Å². The predicted octanol–water partition coefficient (Wildman–Crippen LogP) is 6.07. The smallest absolute Gasteiger partial charge is 0.175 e. The van der Waals surface area contributed by atoms with Gasteiger partial charge in [0.25, 0.3) is 0 Å². The molecule has 1 N–H and O–H groups in total. The summed E-state index contributed by atoms with van der Waals surface area (Å²) in [5.74, 6) is 1.36. The Hall–Kier alpha value is -1.43. The van der Waals surface area contributed by atoms with Crippen molar-refractivity contribution < 1.29 is 9.47 Å². The van der Waals surface area contributed by atoms with E-state index >= 15 is 0 Å². The van der Waals surface area contributed by atoms with Crippen molar-refractivity contribution in [3.05, 3.63) is 56.0 Å². The molecule has 0 spiro atoms. The van der Waals surface area contributed by atoms with E-state index < -0.39 is 0 Å². The van der Waals surface area contributed by atoms with E-state index in [-0.39, 0.29) is 6.10 Å². The minimum absolute atomic E-state index is 0.0482. The first-order valence-corrected chi connectivity index (χ1v) is 9.79. The molecule has 0 unspecified atom stereocenters. The summed E-state index contributed by atoms with van der Waals surface area (Å²) in [5.41, 5.74) is 4.64. The number of ether oxygens (including phenoxy) is 2. The molecule has 4 nitrogen and oxygen atoms in total. The molecule has 140 valence electrons. The standard InChI is InChI=1S/C19H21BrCl2N2O2/c1-4-25-18-9-13(8-15(20)19(18)26-12(2)3)10-23-24-11-14-16(21)6-5-7-17(14)22/h5-10,12,24H,4,11H2,1-3H3/b23-10-. The third kappa shape index (κ3) is 5.79. The molecule has 0 atom stereocenters. The summed E-state index contributed by atoms with van der Waals surface area (Å²) in [6.07, 6.45) is 1.75. The number of hydrogen-bond acceptors (Lipinski definition) is 4. The number of benzene rings is 2. The number of rotatable bonds is 8. The van der Waals surface area contributed by atoms with Crippen molar-refractivity contribution in [3.8, 4) is 11.5 Å². The van der Waals surface area contributed by atoms with Crippen molar-refractivity contribution in [2.24, 2.45) is 5.10 Å². The summed E-state index contributed by atoms with van der Waals surface area (Å²) >= 11 is 15.8. The summed E-state index contributed by atoms with van der Waals surface area (Å²) in [5, 5.41) is 5.46. The van der Waals surface area contributed by atoms with Crippen LogP contribution >= 0.6 is 39.1 Å². The van der Waals surface area contributed by atoms with Gasteiger partial charge in [0.15, 0.2) is 11.5 Å². The molecular formula is C19H21BrCl2N2O2. The molecule has 0 aliphatic rings. The fraction of sp³-hybridized carbons (Fsp3) is 0.316. The highest BCUT2D eigenvalue weighted by atomic mass is 79.9. The lowest BCUT2D eigenvalue weighted by atomic mass is 10.2. The average molecular weight is 460 g/mol. The Morgan fingerprint density at radius 3 is 2.54 bits per heavy atom. The molecule has 0 fully saturated rings. The first-order chi connectivity index (χ1) is 12.4. The molecule has 0 aliphatic carbocycles. The van der Waals surface area contributed by atoms with E-state index in [2.05, 4.69) is 26.5 Å². The molecule has 0 saturated carbocycles. The van der Waals surface area contributed by atoms with Crippen LogP contribution in [0.2, 0.25) is 10.0 Å². The number of nitrogens with one attached hydrogen (secondary N) is 1. The quantitative estimate of drug-likeness (QED) is 0.385. The summed E-state index contributed by atoms with van der Waals surface area (Å²) in [6, 6.07) is 9.22. The molecule has 0 aromatic heterocycles. The average Bonchev–Trinajstić information content (AvgIpc) is 2.57. The van der Waals surface area contributed by atoms with Crippen LogP contribution in [-0.4, -0.2) is 18.9 Å². The highest BCUT2D eigenvalue weighted by molar-refractivity contribution is 9.10. The molecule has 2 aromatic carbocycles. The lowest BCUT2D eigenvalue weighted by Crippen LogP contribution is -2.09. The van der Waals surface area contributed by atoms with Gasteiger partial charge in [0.1, 0.15) is 0 Å². The molecule has 2 aromatic rings. The van der Waals surface area contributed by atoms with Gasteiger partial charge < -0.3 is 14.9 Å². The second-order valence-electron chi connectivity index (χ2n) is 5.72. The third-order valence-corrected chi connectivity index (χ3v) is 4.60. The van der Waals surface area contributed by atoms with Crippen LogP contribution in [0.25, 0.3) is 0 Å². The topological polar surface area (TPSA) is 42.8 Å². The molecule has 0 bridgehead atoms. The van der Waals surface area contributed by atoms with Crippen LogP contribution in [0.5, 0.6) is 11.5 Å². The SMILES string of the molecule is CCOc1cc(/C=N\NCc2c(Cl)cccc2Cl)cc(Br)c1OC(C)C. The Labute approximate surface area is 172 Å². The zero-order chi connectivity index (χ0) is 19.1. The Morgan fingerprint density at radius 2 is 1.92 bits per heavy atom. The van der Waals surface area contributed by atoms with E-state index in [0.717, 1.165) is 15.6 Å². The van der Waals surface area contributed by atoms with Gasteiger partial charge in [-0.3, -0.25) is 0 Å². The van der Waals surface area contributed by atoms with Crippen LogP contribution in [0, 0.1) is 0 Å². The summed E-state index contributed by atoms with van der Waals surface area (Å²) < 4.78 is 12.3.